The maximum atomic E-state index is 11.6. The van der Waals surface area contributed by atoms with Crippen molar-refractivity contribution in [1.82, 2.24) is 4.90 Å². The second kappa shape index (κ2) is 28.9. The molecule has 0 spiro atoms. The summed E-state index contributed by atoms with van der Waals surface area (Å²) in [5, 5.41) is 0. The Balaban J connectivity index is 3.53. The van der Waals surface area contributed by atoms with Gasteiger partial charge in [-0.15, -0.1) is 0 Å². The van der Waals surface area contributed by atoms with Gasteiger partial charge < -0.3 is 28.4 Å². The first kappa shape index (κ1) is 36.9. The molecule has 0 saturated heterocycles. The monoisotopic (exact) mass is 547 g/mol. The van der Waals surface area contributed by atoms with Crippen molar-refractivity contribution in [2.75, 3.05) is 47.1 Å². The SMILES string of the molecule is CCCCCCCCCCCCCCCCCCCOCC(COP(O)OCCCN(C)C)CC(C)=O. The van der Waals surface area contributed by atoms with Gasteiger partial charge in [-0.2, -0.15) is 0 Å². The van der Waals surface area contributed by atoms with E-state index in [-0.39, 0.29) is 18.3 Å². The van der Waals surface area contributed by atoms with Gasteiger partial charge in [0, 0.05) is 18.9 Å². The molecule has 0 aromatic rings. The highest BCUT2D eigenvalue weighted by Crippen LogP contribution is 2.33. The van der Waals surface area contributed by atoms with E-state index in [1.165, 1.54) is 103 Å². The molecule has 222 valence electrons. The lowest BCUT2D eigenvalue weighted by molar-refractivity contribution is -0.118. The third-order valence-corrected chi connectivity index (χ3v) is 7.47. The van der Waals surface area contributed by atoms with Crippen molar-refractivity contribution >= 4 is 14.4 Å². The van der Waals surface area contributed by atoms with E-state index >= 15 is 0 Å². The van der Waals surface area contributed by atoms with Crippen LogP contribution in [0.1, 0.15) is 136 Å². The molecule has 1 N–H and O–H groups in total. The Morgan fingerprint density at radius 3 is 1.65 bits per heavy atom. The normalized spacial score (nSPS) is 13.4. The summed E-state index contributed by atoms with van der Waals surface area (Å²) in [6.45, 7) is 6.74. The highest BCUT2D eigenvalue weighted by atomic mass is 31.2. The first-order valence-corrected chi connectivity index (χ1v) is 16.6. The Bertz CT molecular complexity index is 481. The first-order chi connectivity index (χ1) is 18.0. The van der Waals surface area contributed by atoms with E-state index in [0.29, 0.717) is 19.6 Å². The fraction of sp³-hybridized carbons (Fsp3) is 0.967. The molecular formula is C30H62NO5P. The molecule has 0 aromatic heterocycles. The molecule has 0 aromatic carbocycles. The molecule has 0 amide bonds. The van der Waals surface area contributed by atoms with E-state index in [2.05, 4.69) is 11.8 Å². The van der Waals surface area contributed by atoms with E-state index in [1.807, 2.05) is 14.1 Å². The number of ether oxygens (including phenoxy) is 1. The molecule has 0 heterocycles. The minimum absolute atomic E-state index is 0.0363. The van der Waals surface area contributed by atoms with Gasteiger partial charge in [0.1, 0.15) is 5.78 Å². The summed E-state index contributed by atoms with van der Waals surface area (Å²) in [6, 6.07) is 0. The number of rotatable bonds is 30. The van der Waals surface area contributed by atoms with Crippen LogP contribution in [0.4, 0.5) is 0 Å². The van der Waals surface area contributed by atoms with Crippen LogP contribution in [0.3, 0.4) is 0 Å². The number of carbonyl (C=O) groups is 1. The second-order valence-electron chi connectivity index (χ2n) is 11.0. The van der Waals surface area contributed by atoms with Crippen molar-refractivity contribution < 1.29 is 23.5 Å². The smallest absolute Gasteiger partial charge is 0.329 e. The van der Waals surface area contributed by atoms with Crippen LogP contribution in [0.25, 0.3) is 0 Å². The van der Waals surface area contributed by atoms with Gasteiger partial charge in [0.05, 0.1) is 19.8 Å². The summed E-state index contributed by atoms with van der Waals surface area (Å²) in [5.74, 6) is 0.0787. The number of ketones is 1. The van der Waals surface area contributed by atoms with E-state index in [4.69, 9.17) is 13.8 Å². The lowest BCUT2D eigenvalue weighted by atomic mass is 10.0. The number of hydrogen-bond donors (Lipinski definition) is 1. The van der Waals surface area contributed by atoms with Crippen LogP contribution in [-0.4, -0.2) is 62.6 Å². The zero-order valence-electron chi connectivity index (χ0n) is 25.0. The largest absolute Gasteiger partial charge is 0.381 e. The van der Waals surface area contributed by atoms with Crippen molar-refractivity contribution in [3.63, 3.8) is 0 Å². The van der Waals surface area contributed by atoms with Gasteiger partial charge in [-0.3, -0.25) is 0 Å². The number of nitrogens with zero attached hydrogens (tertiary/aromatic N) is 1. The molecule has 0 aliphatic heterocycles. The second-order valence-corrected chi connectivity index (χ2v) is 12.0. The average molecular weight is 548 g/mol. The molecule has 7 heteroatoms. The Morgan fingerprint density at radius 2 is 1.19 bits per heavy atom. The third kappa shape index (κ3) is 30.3. The standard InChI is InChI=1S/C30H62NO5P/c1-5-6-7-8-9-10-11-12-13-14-15-16-17-18-19-20-21-24-34-27-30(26-29(2)32)28-36-37(33)35-25-22-23-31(3)4/h30,33H,5-28H2,1-4H3. The summed E-state index contributed by atoms with van der Waals surface area (Å²) < 4.78 is 16.6. The molecule has 0 rings (SSSR count). The molecule has 37 heavy (non-hydrogen) atoms. The van der Waals surface area contributed by atoms with Crippen LogP contribution in [0.15, 0.2) is 0 Å². The van der Waals surface area contributed by atoms with Gasteiger partial charge in [-0.05, 0) is 40.4 Å². The Kier molecular flexibility index (Phi) is 28.8. The third-order valence-electron chi connectivity index (χ3n) is 6.69. The molecule has 2 unspecified atom stereocenters. The van der Waals surface area contributed by atoms with Crippen molar-refractivity contribution in [1.29, 1.82) is 0 Å². The van der Waals surface area contributed by atoms with Crippen molar-refractivity contribution in [3.8, 4) is 0 Å². The number of carbonyl (C=O) groups excluding carboxylic acids is 1. The summed E-state index contributed by atoms with van der Waals surface area (Å²) in [6.07, 6.45) is 24.5. The van der Waals surface area contributed by atoms with E-state index in [9.17, 15) is 9.69 Å². The lowest BCUT2D eigenvalue weighted by Gasteiger charge is -2.18. The zero-order chi connectivity index (χ0) is 27.4. The summed E-state index contributed by atoms with van der Waals surface area (Å²) in [5.41, 5.74) is 0. The molecule has 0 radical (unpaired) electrons. The van der Waals surface area contributed by atoms with Gasteiger partial charge in [0.15, 0.2) is 0 Å². The molecule has 0 bridgehead atoms. The number of unbranched alkanes of at least 4 members (excludes halogenated alkanes) is 16. The molecular weight excluding hydrogens is 485 g/mol. The van der Waals surface area contributed by atoms with Gasteiger partial charge in [-0.1, -0.05) is 110 Å². The van der Waals surface area contributed by atoms with E-state index in [0.717, 1.165) is 26.0 Å². The lowest BCUT2D eigenvalue weighted by Crippen LogP contribution is -2.19. The first-order valence-electron chi connectivity index (χ1n) is 15.4. The summed E-state index contributed by atoms with van der Waals surface area (Å²) >= 11 is 0. The maximum absolute atomic E-state index is 11.6. The fourth-order valence-corrected chi connectivity index (χ4v) is 5.18. The molecule has 0 saturated carbocycles. The van der Waals surface area contributed by atoms with Crippen LogP contribution in [0, 0.1) is 5.92 Å². The number of hydrogen-bond acceptors (Lipinski definition) is 6. The van der Waals surface area contributed by atoms with Crippen molar-refractivity contribution in [3.05, 3.63) is 0 Å². The molecule has 2 atom stereocenters. The predicted molar refractivity (Wildman–Crippen MR) is 158 cm³/mol. The molecule has 6 nitrogen and oxygen atoms in total. The van der Waals surface area contributed by atoms with Crippen LogP contribution >= 0.6 is 8.60 Å². The summed E-state index contributed by atoms with van der Waals surface area (Å²) in [4.78, 5) is 23.6. The summed E-state index contributed by atoms with van der Waals surface area (Å²) in [7, 11) is 2.11. The minimum atomic E-state index is -1.90. The average Bonchev–Trinajstić information content (AvgIpc) is 2.86. The van der Waals surface area contributed by atoms with Crippen LogP contribution in [0.5, 0.6) is 0 Å². The predicted octanol–water partition coefficient (Wildman–Crippen LogP) is 8.45. The Hall–Kier alpha value is -0.100. The highest BCUT2D eigenvalue weighted by Gasteiger charge is 2.16. The van der Waals surface area contributed by atoms with Crippen LogP contribution < -0.4 is 0 Å². The molecule has 0 fully saturated rings. The van der Waals surface area contributed by atoms with Gasteiger partial charge in [0.2, 0.25) is 0 Å². The minimum Gasteiger partial charge on any atom is -0.381 e. The van der Waals surface area contributed by atoms with E-state index in [1.54, 1.807) is 6.92 Å². The van der Waals surface area contributed by atoms with Gasteiger partial charge in [-0.25, -0.2) is 0 Å². The van der Waals surface area contributed by atoms with E-state index < -0.39 is 8.60 Å². The van der Waals surface area contributed by atoms with Gasteiger partial charge >= 0.3 is 8.60 Å². The Morgan fingerprint density at radius 1 is 0.703 bits per heavy atom. The van der Waals surface area contributed by atoms with Crippen LogP contribution in [-0.2, 0) is 18.6 Å². The molecule has 0 aliphatic carbocycles. The molecule has 0 aliphatic rings. The Labute approximate surface area is 231 Å². The van der Waals surface area contributed by atoms with Crippen LogP contribution in [0.2, 0.25) is 0 Å². The van der Waals surface area contributed by atoms with Gasteiger partial charge in [0.25, 0.3) is 0 Å². The number of Topliss-reactive ketones (excluding diaryl/α,β-unsaturated/α-hetero) is 1. The highest BCUT2D eigenvalue weighted by molar-refractivity contribution is 7.40. The fourth-order valence-electron chi connectivity index (χ4n) is 4.48. The van der Waals surface area contributed by atoms with Crippen molar-refractivity contribution in [2.45, 2.75) is 136 Å². The zero-order valence-corrected chi connectivity index (χ0v) is 25.9. The maximum Gasteiger partial charge on any atom is 0.329 e. The topological polar surface area (TPSA) is 68.2 Å². The van der Waals surface area contributed by atoms with Crippen molar-refractivity contribution in [2.24, 2.45) is 5.92 Å². The quantitative estimate of drug-likeness (QED) is 0.0719.